The lowest BCUT2D eigenvalue weighted by Gasteiger charge is -2.32. The number of amides is 6. The van der Waals surface area contributed by atoms with Gasteiger partial charge in [-0.1, -0.05) is 105 Å². The van der Waals surface area contributed by atoms with E-state index in [4.69, 9.17) is 4.42 Å². The van der Waals surface area contributed by atoms with Crippen LogP contribution in [0.4, 0.5) is 8.78 Å². The lowest BCUT2D eigenvalue weighted by atomic mass is 9.84. The average Bonchev–Trinajstić information content (AvgIpc) is 3.80. The Morgan fingerprint density at radius 2 is 1.07 bits per heavy atom. The Kier molecular flexibility index (Phi) is 21.2. The van der Waals surface area contributed by atoms with Gasteiger partial charge in [0.1, 0.15) is 41.8 Å². The number of aliphatic carboxylic acids is 3. The highest BCUT2D eigenvalue weighted by Crippen LogP contribution is 2.30. The number of hydrogen-bond acceptors (Lipinski definition) is 12. The van der Waals surface area contributed by atoms with Crippen molar-refractivity contribution in [2.24, 2.45) is 5.92 Å². The molecule has 5 rings (SSSR count). The zero-order valence-electron chi connectivity index (χ0n) is 40.3. The van der Waals surface area contributed by atoms with Crippen LogP contribution in [0.5, 0.6) is 0 Å². The molecular weight excluding hydrogens is 973 g/mol. The van der Waals surface area contributed by atoms with Crippen molar-refractivity contribution in [1.29, 1.82) is 0 Å². The van der Waals surface area contributed by atoms with E-state index in [1.807, 2.05) is 0 Å². The van der Waals surface area contributed by atoms with E-state index in [1.165, 1.54) is 12.1 Å². The summed E-state index contributed by atoms with van der Waals surface area (Å²) >= 11 is 0. The van der Waals surface area contributed by atoms with Crippen LogP contribution in [0.25, 0.3) is 11.1 Å². The van der Waals surface area contributed by atoms with E-state index in [0.717, 1.165) is 26.2 Å². The molecule has 1 saturated carbocycles. The molecule has 1 aliphatic rings. The number of alkyl halides is 2. The van der Waals surface area contributed by atoms with Gasteiger partial charge in [-0.2, -0.15) is 0 Å². The lowest BCUT2D eigenvalue weighted by molar-refractivity contribution is -0.141. The first kappa shape index (κ1) is 56.8. The Morgan fingerprint density at radius 1 is 0.581 bits per heavy atom. The molecule has 0 saturated heterocycles. The number of nitrogens with zero attached hydrogens (tertiary/aromatic N) is 1. The number of benzene rings is 3. The molecule has 3 aromatic carbocycles. The Morgan fingerprint density at radius 3 is 1.59 bits per heavy atom. The van der Waals surface area contributed by atoms with E-state index in [9.17, 15) is 72.0 Å². The fourth-order valence-electron chi connectivity index (χ4n) is 8.76. The molecule has 1 aliphatic carbocycles. The molecule has 0 bridgehead atoms. The maximum absolute atomic E-state index is 15.0. The number of ketones is 1. The monoisotopic (exact) mass is 1030 g/mol. The predicted molar refractivity (Wildman–Crippen MR) is 258 cm³/mol. The number of aromatic nitrogens is 1. The molecule has 0 radical (unpaired) electrons. The van der Waals surface area contributed by atoms with Crippen molar-refractivity contribution in [2.75, 3.05) is 0 Å². The molecule has 0 spiro atoms. The van der Waals surface area contributed by atoms with Gasteiger partial charge in [-0.25, -0.2) is 13.8 Å². The number of Topliss-reactive ketones (excluding diaryl/α,β-unsaturated/α-hetero) is 1. The topological polar surface area (TPSA) is 330 Å². The van der Waals surface area contributed by atoms with Gasteiger partial charge in [0.05, 0.1) is 6.42 Å². The van der Waals surface area contributed by atoms with Crippen LogP contribution in [-0.2, 0) is 43.2 Å². The third kappa shape index (κ3) is 17.3. The fraction of sp³-hybridized carbons (Fsp3) is 0.431. The summed E-state index contributed by atoms with van der Waals surface area (Å²) in [6.45, 7) is 1.01. The molecule has 6 amide bonds. The second kappa shape index (κ2) is 27.6. The highest BCUT2D eigenvalue weighted by Gasteiger charge is 2.39. The van der Waals surface area contributed by atoms with E-state index < -0.39 is 152 Å². The molecular formula is C51H59F2N7O14. The largest absolute Gasteiger partial charge is 0.481 e. The lowest BCUT2D eigenvalue weighted by Crippen LogP contribution is -2.61. The zero-order valence-corrected chi connectivity index (χ0v) is 40.3. The van der Waals surface area contributed by atoms with Crippen LogP contribution in [0.3, 0.4) is 0 Å². The molecule has 23 heteroatoms. The number of rotatable bonds is 28. The first-order valence-corrected chi connectivity index (χ1v) is 24.0. The van der Waals surface area contributed by atoms with Crippen molar-refractivity contribution in [2.45, 2.75) is 133 Å². The number of carbonyl (C=O) groups is 10. The van der Waals surface area contributed by atoms with Crippen LogP contribution in [0, 0.1) is 5.92 Å². The van der Waals surface area contributed by atoms with Gasteiger partial charge in [-0.05, 0) is 48.4 Å². The van der Waals surface area contributed by atoms with E-state index >= 15 is 0 Å². The minimum Gasteiger partial charge on any atom is -0.481 e. The minimum absolute atomic E-state index is 0.0445. The van der Waals surface area contributed by atoms with Crippen molar-refractivity contribution in [3.63, 3.8) is 0 Å². The van der Waals surface area contributed by atoms with Crippen LogP contribution in [0.15, 0.2) is 89.3 Å². The van der Waals surface area contributed by atoms with Crippen LogP contribution in [0.1, 0.15) is 112 Å². The second-order valence-corrected chi connectivity index (χ2v) is 18.0. The molecule has 9 N–H and O–H groups in total. The Hall–Kier alpha value is -8.11. The number of nitrogens with one attached hydrogen (secondary N) is 6. The molecule has 6 atom stereocenters. The molecule has 4 aromatic rings. The van der Waals surface area contributed by atoms with Crippen molar-refractivity contribution >= 4 is 70.2 Å². The van der Waals surface area contributed by atoms with Gasteiger partial charge in [0.25, 0.3) is 5.89 Å². The molecule has 1 heterocycles. The second-order valence-electron chi connectivity index (χ2n) is 18.0. The first-order chi connectivity index (χ1) is 35.3. The quantitative estimate of drug-likeness (QED) is 0.0367. The molecule has 0 aliphatic heterocycles. The molecule has 21 nitrogen and oxygen atoms in total. The summed E-state index contributed by atoms with van der Waals surface area (Å²) in [6.07, 6.45) is -4.13. The SMILES string of the molecule is CC(=O)N[C@@H](CC(=O)O)C(=O)N[C@@H](CCC(=O)O)C(=O)N[C@H](C(=O)N[C@@H](CCC(=O)O)C(=O)N[C@@H](CC1CCCCC1)C(=O)N[C@@H](CC(F)F)C(=O)c1nc2ccccc2o1)C(c1ccccc1)c1ccccc1. The summed E-state index contributed by atoms with van der Waals surface area (Å²) in [6, 6.07) is 12.2. The summed E-state index contributed by atoms with van der Waals surface area (Å²) in [4.78, 5) is 137. The standard InChI is InChI=1S/C51H59F2N7O14/c1-28(61)54-37(27-42(66)67)49(72)55-34(22-24-41(64)65)47(70)60-44(43(30-15-7-3-8-16-30)31-17-9-4-10-18-31)50(73)56-33(21-23-40(62)63)46(69)58-36(25-29-13-5-2-6-14-29)48(71)57-35(26-39(52)53)45(68)51-59-32-19-11-12-20-38(32)74-51/h3-4,7-12,15-20,29,33-37,39,43-44H,2,5-6,13-14,21-27H2,1H3,(H,54,61)(H,55,72)(H,56,73)(H,57,71)(H,58,69)(H,60,70)(H,62,63)(H,64,65)(H,66,67)/t33-,34-,35-,36-,37-,44-/m0/s1. The highest BCUT2D eigenvalue weighted by atomic mass is 19.3. The van der Waals surface area contributed by atoms with Crippen molar-refractivity contribution < 1.29 is 76.5 Å². The Bertz CT molecular complexity index is 2540. The van der Waals surface area contributed by atoms with Gasteiger partial charge in [0.2, 0.25) is 47.7 Å². The van der Waals surface area contributed by atoms with Crippen molar-refractivity contribution in [3.05, 3.63) is 102 Å². The number of para-hydroxylation sites is 2. The third-order valence-corrected chi connectivity index (χ3v) is 12.3. The number of carboxylic acids is 3. The van der Waals surface area contributed by atoms with Crippen LogP contribution >= 0.6 is 0 Å². The summed E-state index contributed by atoms with van der Waals surface area (Å²) in [7, 11) is 0. The maximum Gasteiger partial charge on any atom is 0.305 e. The smallest absolute Gasteiger partial charge is 0.305 e. The van der Waals surface area contributed by atoms with E-state index in [-0.39, 0.29) is 23.4 Å². The molecule has 74 heavy (non-hydrogen) atoms. The van der Waals surface area contributed by atoms with E-state index in [2.05, 4.69) is 36.9 Å². The fourth-order valence-corrected chi connectivity index (χ4v) is 8.76. The third-order valence-electron chi connectivity index (χ3n) is 12.3. The average molecular weight is 1030 g/mol. The highest BCUT2D eigenvalue weighted by molar-refractivity contribution is 6.02. The summed E-state index contributed by atoms with van der Waals surface area (Å²) < 4.78 is 33.7. The van der Waals surface area contributed by atoms with Crippen molar-refractivity contribution in [3.8, 4) is 0 Å². The number of halogens is 2. The van der Waals surface area contributed by atoms with Crippen molar-refractivity contribution in [1.82, 2.24) is 36.9 Å². The minimum atomic E-state index is -3.10. The molecule has 1 aromatic heterocycles. The van der Waals surface area contributed by atoms with Gasteiger partial charge >= 0.3 is 17.9 Å². The Balaban J connectivity index is 1.51. The summed E-state index contributed by atoms with van der Waals surface area (Å²) in [5.41, 5.74) is 1.27. The van der Waals surface area contributed by atoms with Gasteiger partial charge in [0, 0.05) is 32.1 Å². The van der Waals surface area contributed by atoms with Gasteiger partial charge in [-0.3, -0.25) is 47.9 Å². The van der Waals surface area contributed by atoms with E-state index in [1.54, 1.807) is 72.8 Å². The van der Waals surface area contributed by atoms with Gasteiger partial charge in [-0.15, -0.1) is 0 Å². The number of carboxylic acid groups (broad SMARTS) is 3. The van der Waals surface area contributed by atoms with Gasteiger partial charge < -0.3 is 51.6 Å². The summed E-state index contributed by atoms with van der Waals surface area (Å²) in [5.74, 6) is -13.6. The summed E-state index contributed by atoms with van der Waals surface area (Å²) in [5, 5.41) is 43.3. The molecule has 1 fully saturated rings. The van der Waals surface area contributed by atoms with E-state index in [0.29, 0.717) is 24.0 Å². The predicted octanol–water partition coefficient (Wildman–Crippen LogP) is 3.60. The number of oxazole rings is 1. The molecule has 0 unspecified atom stereocenters. The number of fused-ring (bicyclic) bond motifs is 1. The normalized spacial score (nSPS) is 15.1. The van der Waals surface area contributed by atoms with Gasteiger partial charge in [0.15, 0.2) is 5.58 Å². The maximum atomic E-state index is 15.0. The number of carbonyl (C=O) groups excluding carboxylic acids is 7. The van der Waals surface area contributed by atoms with Crippen LogP contribution < -0.4 is 31.9 Å². The number of hydrogen-bond donors (Lipinski definition) is 9. The van der Waals surface area contributed by atoms with Crippen LogP contribution in [-0.4, -0.2) is 122 Å². The van der Waals surface area contributed by atoms with Crippen LogP contribution in [0.2, 0.25) is 0 Å². The molecule has 396 valence electrons. The first-order valence-electron chi connectivity index (χ1n) is 24.0. The zero-order chi connectivity index (χ0) is 53.9. The Labute approximate surface area is 423 Å².